The number of aliphatic hydroxyl groups is 1. The summed E-state index contributed by atoms with van der Waals surface area (Å²) < 4.78 is 0. The number of non-ortho nitro benzene ring substituents is 1. The zero-order chi connectivity index (χ0) is 17.4. The van der Waals surface area contributed by atoms with Crippen LogP contribution in [0.25, 0.3) is 5.76 Å². The number of phenolic OH excluding ortho intramolecular Hbond substituents is 1. The minimum atomic E-state index is -0.610. The van der Waals surface area contributed by atoms with Gasteiger partial charge in [0.05, 0.1) is 16.2 Å². The van der Waals surface area contributed by atoms with Crippen molar-refractivity contribution in [3.8, 4) is 5.75 Å². The van der Waals surface area contributed by atoms with Crippen molar-refractivity contribution in [2.45, 2.75) is 6.92 Å². The van der Waals surface area contributed by atoms with Gasteiger partial charge in [-0.2, -0.15) is 0 Å². The van der Waals surface area contributed by atoms with Crippen molar-refractivity contribution in [3.63, 3.8) is 0 Å². The van der Waals surface area contributed by atoms with Crippen molar-refractivity contribution in [1.29, 1.82) is 0 Å². The molecule has 7 heteroatoms. The summed E-state index contributed by atoms with van der Waals surface area (Å²) in [7, 11) is 0. The van der Waals surface area contributed by atoms with Gasteiger partial charge in [0, 0.05) is 23.3 Å². The molecule has 3 rings (SSSR count). The second-order valence-corrected chi connectivity index (χ2v) is 5.23. The van der Waals surface area contributed by atoms with Crippen molar-refractivity contribution in [3.05, 3.63) is 69.3 Å². The Balaban J connectivity index is 2.08. The molecule has 1 aliphatic rings. The van der Waals surface area contributed by atoms with Crippen LogP contribution in [0.4, 0.5) is 11.4 Å². The second kappa shape index (κ2) is 5.62. The summed E-state index contributed by atoms with van der Waals surface area (Å²) in [6.07, 6.45) is 0. The molecule has 0 saturated carbocycles. The molecule has 2 aromatic rings. The van der Waals surface area contributed by atoms with Gasteiger partial charge >= 0.3 is 0 Å². The Labute approximate surface area is 136 Å². The van der Waals surface area contributed by atoms with Gasteiger partial charge in [0.1, 0.15) is 17.2 Å². The first-order chi connectivity index (χ1) is 11.4. The van der Waals surface area contributed by atoms with Gasteiger partial charge in [-0.05, 0) is 13.0 Å². The molecule has 0 aliphatic heterocycles. The van der Waals surface area contributed by atoms with Crippen LogP contribution in [0.15, 0.2) is 53.0 Å². The average molecular weight is 324 g/mol. The van der Waals surface area contributed by atoms with Gasteiger partial charge in [0.15, 0.2) is 5.78 Å². The smallest absolute Gasteiger partial charge is 0.271 e. The Kier molecular flexibility index (Phi) is 3.61. The fourth-order valence-electron chi connectivity index (χ4n) is 2.55. The van der Waals surface area contributed by atoms with Gasteiger partial charge in [0.25, 0.3) is 5.69 Å². The van der Waals surface area contributed by atoms with Crippen LogP contribution in [0.5, 0.6) is 5.75 Å². The first-order valence-electron chi connectivity index (χ1n) is 7.00. The molecule has 0 amide bonds. The van der Waals surface area contributed by atoms with Crippen molar-refractivity contribution in [2.24, 2.45) is 4.99 Å². The number of nitro benzene ring substituents is 1. The minimum Gasteiger partial charge on any atom is -0.506 e. The number of carbonyl (C=O) groups excluding carboxylic acids is 1. The van der Waals surface area contributed by atoms with E-state index in [1.807, 2.05) is 0 Å². The number of rotatable bonds is 3. The maximum absolute atomic E-state index is 12.4. The first kappa shape index (κ1) is 15.4. The summed E-state index contributed by atoms with van der Waals surface area (Å²) in [5, 5.41) is 30.9. The maximum Gasteiger partial charge on any atom is 0.271 e. The Morgan fingerprint density at radius 2 is 1.79 bits per heavy atom. The molecule has 0 fully saturated rings. The molecule has 0 spiro atoms. The number of hydrogen-bond donors (Lipinski definition) is 2. The van der Waals surface area contributed by atoms with Crippen LogP contribution < -0.4 is 0 Å². The highest BCUT2D eigenvalue weighted by Crippen LogP contribution is 2.35. The molecule has 0 bridgehead atoms. The molecule has 0 aromatic heterocycles. The number of ketones is 1. The van der Waals surface area contributed by atoms with Gasteiger partial charge in [-0.25, -0.2) is 4.99 Å². The van der Waals surface area contributed by atoms with Crippen LogP contribution in [0, 0.1) is 10.1 Å². The first-order valence-corrected chi connectivity index (χ1v) is 7.00. The summed E-state index contributed by atoms with van der Waals surface area (Å²) >= 11 is 0. The fraction of sp³-hybridized carbons (Fsp3) is 0.0588. The topological polar surface area (TPSA) is 113 Å². The molecule has 0 atom stereocenters. The molecule has 24 heavy (non-hydrogen) atoms. The van der Waals surface area contributed by atoms with E-state index in [4.69, 9.17) is 0 Å². The highest BCUT2D eigenvalue weighted by molar-refractivity contribution is 6.35. The lowest BCUT2D eigenvalue weighted by atomic mass is 10.1. The minimum absolute atomic E-state index is 0.0158. The maximum atomic E-state index is 12.4. The van der Waals surface area contributed by atoms with Gasteiger partial charge in [-0.3, -0.25) is 14.9 Å². The van der Waals surface area contributed by atoms with Crippen LogP contribution in [-0.2, 0) is 0 Å². The second-order valence-electron chi connectivity index (χ2n) is 5.23. The fourth-order valence-corrected chi connectivity index (χ4v) is 2.55. The summed E-state index contributed by atoms with van der Waals surface area (Å²) in [4.78, 5) is 26.7. The molecular weight excluding hydrogens is 312 g/mol. The van der Waals surface area contributed by atoms with E-state index in [2.05, 4.69) is 4.99 Å². The largest absolute Gasteiger partial charge is 0.506 e. The number of benzene rings is 2. The third kappa shape index (κ3) is 2.41. The van der Waals surface area contributed by atoms with E-state index in [0.29, 0.717) is 11.1 Å². The lowest BCUT2D eigenvalue weighted by Crippen LogP contribution is -2.07. The van der Waals surface area contributed by atoms with Crippen molar-refractivity contribution in [1.82, 2.24) is 0 Å². The number of hydrogen-bond acceptors (Lipinski definition) is 6. The van der Waals surface area contributed by atoms with Crippen molar-refractivity contribution >= 4 is 28.6 Å². The van der Waals surface area contributed by atoms with Gasteiger partial charge in [-0.1, -0.05) is 24.3 Å². The number of aliphatic imine (C=N–C) groups is 1. The molecule has 0 heterocycles. The van der Waals surface area contributed by atoms with E-state index >= 15 is 0 Å². The normalized spacial score (nSPS) is 14.0. The lowest BCUT2D eigenvalue weighted by Gasteiger charge is -2.04. The average Bonchev–Trinajstić information content (AvgIpc) is 2.81. The zero-order valence-corrected chi connectivity index (χ0v) is 12.6. The third-order valence-electron chi connectivity index (χ3n) is 3.71. The number of phenols is 1. The number of allylic oxidation sites excluding steroid dienone is 1. The van der Waals surface area contributed by atoms with E-state index in [0.717, 1.165) is 18.2 Å². The van der Waals surface area contributed by atoms with E-state index in [9.17, 15) is 25.1 Å². The van der Waals surface area contributed by atoms with Crippen LogP contribution in [-0.4, -0.2) is 26.6 Å². The predicted octanol–water partition coefficient (Wildman–Crippen LogP) is 3.56. The number of aliphatic hydroxyl groups excluding tert-OH is 1. The Hall–Kier alpha value is -3.48. The molecule has 0 radical (unpaired) electrons. The van der Waals surface area contributed by atoms with E-state index < -0.39 is 4.92 Å². The third-order valence-corrected chi connectivity index (χ3v) is 3.71. The van der Waals surface area contributed by atoms with Crippen LogP contribution >= 0.6 is 0 Å². The quantitative estimate of drug-likeness (QED) is 0.509. The molecule has 0 unspecified atom stereocenters. The Bertz CT molecular complexity index is 944. The standard InChI is InChI=1S/C17H12N2O5/c1-9(18-13-8-10(19(23)24)6-7-14(13)20)15-16(21)11-4-2-3-5-12(11)17(15)22/h2-8,20-21H,1H3. The SMILES string of the molecule is CC(=Nc1cc([N+](=O)[O-])ccc1O)C1=C(O)c2ccccc2C1=O. The van der Waals surface area contributed by atoms with Crippen LogP contribution in [0.2, 0.25) is 0 Å². The van der Waals surface area contributed by atoms with E-state index in [1.165, 1.54) is 6.92 Å². The number of nitro groups is 1. The summed E-state index contributed by atoms with van der Waals surface area (Å²) in [5.74, 6) is -0.834. The number of carbonyl (C=O) groups is 1. The van der Waals surface area contributed by atoms with Crippen molar-refractivity contribution < 1.29 is 19.9 Å². The Morgan fingerprint density at radius 1 is 1.12 bits per heavy atom. The monoisotopic (exact) mass is 324 g/mol. The number of nitrogens with zero attached hydrogens (tertiary/aromatic N) is 2. The molecular formula is C17H12N2O5. The molecule has 2 aromatic carbocycles. The van der Waals surface area contributed by atoms with Gasteiger partial charge in [0.2, 0.25) is 0 Å². The summed E-state index contributed by atoms with van der Waals surface area (Å²) in [5.41, 5.74) is 0.661. The van der Waals surface area contributed by atoms with Crippen LogP contribution in [0.3, 0.4) is 0 Å². The van der Waals surface area contributed by atoms with E-state index in [-0.39, 0.29) is 40.0 Å². The summed E-state index contributed by atoms with van der Waals surface area (Å²) in [6.45, 7) is 1.49. The Morgan fingerprint density at radius 3 is 2.42 bits per heavy atom. The molecule has 0 saturated heterocycles. The highest BCUT2D eigenvalue weighted by Gasteiger charge is 2.31. The van der Waals surface area contributed by atoms with E-state index in [1.54, 1.807) is 24.3 Å². The van der Waals surface area contributed by atoms with Crippen molar-refractivity contribution in [2.75, 3.05) is 0 Å². The molecule has 1 aliphatic carbocycles. The van der Waals surface area contributed by atoms with Gasteiger partial charge in [-0.15, -0.1) is 0 Å². The predicted molar refractivity (Wildman–Crippen MR) is 87.9 cm³/mol. The molecule has 7 nitrogen and oxygen atoms in total. The number of Topliss-reactive ketones (excluding diaryl/α,β-unsaturated/α-hetero) is 1. The lowest BCUT2D eigenvalue weighted by molar-refractivity contribution is -0.384. The molecule has 120 valence electrons. The number of fused-ring (bicyclic) bond motifs is 1. The zero-order valence-electron chi connectivity index (χ0n) is 12.6. The molecule has 2 N–H and O–H groups in total. The number of aromatic hydroxyl groups is 1. The van der Waals surface area contributed by atoms with Gasteiger partial charge < -0.3 is 10.2 Å². The summed E-state index contributed by atoms with van der Waals surface area (Å²) in [6, 6.07) is 10.0. The highest BCUT2D eigenvalue weighted by atomic mass is 16.6. The van der Waals surface area contributed by atoms with Crippen LogP contribution in [0.1, 0.15) is 22.8 Å².